The molecule has 0 aliphatic rings. The lowest BCUT2D eigenvalue weighted by molar-refractivity contribution is 0.0951. The van der Waals surface area contributed by atoms with Crippen LogP contribution >= 0.6 is 11.3 Å². The molecule has 0 saturated carbocycles. The van der Waals surface area contributed by atoms with Crippen molar-refractivity contribution in [3.63, 3.8) is 0 Å². The van der Waals surface area contributed by atoms with Crippen molar-refractivity contribution in [2.45, 2.75) is 32.7 Å². The van der Waals surface area contributed by atoms with E-state index in [0.29, 0.717) is 18.7 Å². The molecule has 3 aromatic rings. The number of allylic oxidation sites excluding steroid dienone is 1. The van der Waals surface area contributed by atoms with Crippen LogP contribution in [-0.4, -0.2) is 17.5 Å². The maximum atomic E-state index is 12.4. The van der Waals surface area contributed by atoms with Crippen molar-refractivity contribution in [1.82, 2.24) is 10.3 Å². The van der Waals surface area contributed by atoms with Gasteiger partial charge in [0.15, 0.2) is 0 Å². The predicted octanol–water partition coefficient (Wildman–Crippen LogP) is 5.35. The quantitative estimate of drug-likeness (QED) is 0.402. The number of unbranched alkanes of at least 4 members (excludes halogenated alkanes) is 2. The van der Waals surface area contributed by atoms with Crippen LogP contribution in [0.5, 0.6) is 5.75 Å². The molecule has 0 unspecified atom stereocenters. The fraction of sp³-hybridized carbons (Fsp3) is 0.273. The molecule has 0 aliphatic carbocycles. The summed E-state index contributed by atoms with van der Waals surface area (Å²) in [5, 5.41) is 2.97. The predicted molar refractivity (Wildman–Crippen MR) is 111 cm³/mol. The normalized spacial score (nSPS) is 11.1. The van der Waals surface area contributed by atoms with Crippen LogP contribution < -0.4 is 10.1 Å². The van der Waals surface area contributed by atoms with E-state index in [2.05, 4.69) is 29.4 Å². The van der Waals surface area contributed by atoms with Gasteiger partial charge >= 0.3 is 0 Å². The Bertz CT molecular complexity index is 917. The first-order chi connectivity index (χ1) is 13.3. The molecule has 0 spiro atoms. The maximum Gasteiger partial charge on any atom is 0.251 e. The summed E-state index contributed by atoms with van der Waals surface area (Å²) in [5.74, 6) is 0.725. The highest BCUT2D eigenvalue weighted by Gasteiger charge is 2.07. The number of carbonyl (C=O) groups is 1. The van der Waals surface area contributed by atoms with Crippen LogP contribution in [0.3, 0.4) is 0 Å². The summed E-state index contributed by atoms with van der Waals surface area (Å²) in [6.07, 6.45) is 7.73. The van der Waals surface area contributed by atoms with E-state index in [1.165, 1.54) is 24.2 Å². The number of hydrogen-bond donors (Lipinski definition) is 1. The van der Waals surface area contributed by atoms with E-state index in [4.69, 9.17) is 4.74 Å². The number of nitrogens with one attached hydrogen (secondary N) is 1. The molecule has 4 nitrogen and oxygen atoms in total. The second-order valence-electron chi connectivity index (χ2n) is 6.29. The average Bonchev–Trinajstić information content (AvgIpc) is 3.17. The van der Waals surface area contributed by atoms with Crippen molar-refractivity contribution < 1.29 is 9.53 Å². The summed E-state index contributed by atoms with van der Waals surface area (Å²) < 4.78 is 6.77. The topological polar surface area (TPSA) is 51.2 Å². The van der Waals surface area contributed by atoms with Crippen LogP contribution in [0, 0.1) is 0 Å². The van der Waals surface area contributed by atoms with Gasteiger partial charge in [-0.2, -0.15) is 0 Å². The zero-order valence-electron chi connectivity index (χ0n) is 15.5. The number of aromatic nitrogens is 1. The average molecular weight is 381 g/mol. The summed E-state index contributed by atoms with van der Waals surface area (Å²) >= 11 is 1.54. The minimum absolute atomic E-state index is 0.0875. The number of benzene rings is 2. The van der Waals surface area contributed by atoms with Crippen LogP contribution in [0.15, 0.2) is 60.1 Å². The third-order valence-corrected chi connectivity index (χ3v) is 4.97. The van der Waals surface area contributed by atoms with Crippen LogP contribution in [0.2, 0.25) is 0 Å². The monoisotopic (exact) mass is 380 g/mol. The van der Waals surface area contributed by atoms with Gasteiger partial charge in [0.05, 0.1) is 15.7 Å². The fourth-order valence-electron chi connectivity index (χ4n) is 2.68. The highest BCUT2D eigenvalue weighted by Crippen LogP contribution is 2.19. The molecule has 27 heavy (non-hydrogen) atoms. The largest absolute Gasteiger partial charge is 0.490 e. The Morgan fingerprint density at radius 3 is 3.04 bits per heavy atom. The Labute approximate surface area is 163 Å². The molecule has 1 heterocycles. The standard InChI is InChI=1S/C22H24N2O2S/c1-2-3-4-5-6-12-26-19-9-7-8-17(13-19)15-23-22(25)18-10-11-20-21(14-18)27-16-24-20/h5-11,13-14,16H,2-4,12,15H2,1H3,(H,23,25). The van der Waals surface area contributed by atoms with E-state index in [-0.39, 0.29) is 5.91 Å². The molecule has 1 amide bonds. The lowest BCUT2D eigenvalue weighted by Crippen LogP contribution is -2.22. The second-order valence-corrected chi connectivity index (χ2v) is 7.18. The Morgan fingerprint density at radius 1 is 1.22 bits per heavy atom. The molecule has 1 N–H and O–H groups in total. The lowest BCUT2D eigenvalue weighted by atomic mass is 10.2. The molecule has 2 aromatic carbocycles. The van der Waals surface area contributed by atoms with Gasteiger partial charge in [-0.1, -0.05) is 44.1 Å². The summed E-state index contributed by atoms with van der Waals surface area (Å²) in [6, 6.07) is 13.4. The Kier molecular flexibility index (Phi) is 6.99. The number of hydrogen-bond acceptors (Lipinski definition) is 4. The lowest BCUT2D eigenvalue weighted by Gasteiger charge is -2.08. The molecule has 0 atom stereocenters. The maximum absolute atomic E-state index is 12.4. The van der Waals surface area contributed by atoms with Crippen molar-refractivity contribution in [3.8, 4) is 5.75 Å². The van der Waals surface area contributed by atoms with Crippen LogP contribution in [0.1, 0.15) is 42.1 Å². The summed E-state index contributed by atoms with van der Waals surface area (Å²) in [5.41, 5.74) is 4.37. The molecular weight excluding hydrogens is 356 g/mol. The number of fused-ring (bicyclic) bond motifs is 1. The number of nitrogens with zero attached hydrogens (tertiary/aromatic N) is 1. The Balaban J connectivity index is 1.51. The van der Waals surface area contributed by atoms with Crippen molar-refractivity contribution in [2.75, 3.05) is 6.61 Å². The number of carbonyl (C=O) groups excluding carboxylic acids is 1. The molecule has 5 heteroatoms. The van der Waals surface area contributed by atoms with Crippen molar-refractivity contribution >= 4 is 27.5 Å². The second kappa shape index (κ2) is 9.88. The minimum Gasteiger partial charge on any atom is -0.490 e. The summed E-state index contributed by atoms with van der Waals surface area (Å²) in [6.45, 7) is 3.21. The minimum atomic E-state index is -0.0875. The van der Waals surface area contributed by atoms with Gasteiger partial charge in [0.25, 0.3) is 5.91 Å². The third kappa shape index (κ3) is 5.66. The first-order valence-corrected chi connectivity index (χ1v) is 10.1. The van der Waals surface area contributed by atoms with E-state index in [0.717, 1.165) is 28.0 Å². The molecule has 0 bridgehead atoms. The van der Waals surface area contributed by atoms with E-state index < -0.39 is 0 Å². The molecule has 1 aromatic heterocycles. The summed E-state index contributed by atoms with van der Waals surface area (Å²) in [7, 11) is 0. The van der Waals surface area contributed by atoms with Crippen LogP contribution in [0.25, 0.3) is 10.2 Å². The SMILES string of the molecule is CCCCC=CCOc1cccc(CNC(=O)c2ccc3ncsc3c2)c1. The summed E-state index contributed by atoms with van der Waals surface area (Å²) in [4.78, 5) is 16.6. The third-order valence-electron chi connectivity index (χ3n) is 4.18. The van der Waals surface area contributed by atoms with Crippen LogP contribution in [-0.2, 0) is 6.54 Å². The molecule has 0 radical (unpaired) electrons. The fourth-order valence-corrected chi connectivity index (χ4v) is 3.39. The van der Waals surface area contributed by atoms with Gasteiger partial charge in [-0.25, -0.2) is 4.98 Å². The molecular formula is C22H24N2O2S. The Hall–Kier alpha value is -2.66. The van der Waals surface area contributed by atoms with E-state index in [9.17, 15) is 4.79 Å². The van der Waals surface area contributed by atoms with Crippen molar-refractivity contribution in [3.05, 3.63) is 71.3 Å². The van der Waals surface area contributed by atoms with Gasteiger partial charge in [-0.05, 0) is 42.3 Å². The van der Waals surface area contributed by atoms with E-state index >= 15 is 0 Å². The molecule has 0 fully saturated rings. The smallest absolute Gasteiger partial charge is 0.251 e. The van der Waals surface area contributed by atoms with Gasteiger partial charge in [-0.15, -0.1) is 11.3 Å². The van der Waals surface area contributed by atoms with Gasteiger partial charge in [0.2, 0.25) is 0 Å². The van der Waals surface area contributed by atoms with E-state index in [1.807, 2.05) is 42.5 Å². The van der Waals surface area contributed by atoms with Gasteiger partial charge in [0, 0.05) is 12.1 Å². The first-order valence-electron chi connectivity index (χ1n) is 9.24. The van der Waals surface area contributed by atoms with Crippen LogP contribution in [0.4, 0.5) is 0 Å². The number of rotatable bonds is 9. The number of thiazole rings is 1. The van der Waals surface area contributed by atoms with Gasteiger partial charge < -0.3 is 10.1 Å². The van der Waals surface area contributed by atoms with E-state index in [1.54, 1.807) is 5.51 Å². The zero-order chi connectivity index (χ0) is 18.9. The first kappa shape index (κ1) is 19.1. The molecule has 3 rings (SSSR count). The highest BCUT2D eigenvalue weighted by atomic mass is 32.1. The molecule has 0 saturated heterocycles. The molecule has 140 valence electrons. The highest BCUT2D eigenvalue weighted by molar-refractivity contribution is 7.16. The zero-order valence-corrected chi connectivity index (χ0v) is 16.3. The number of ether oxygens (including phenoxy) is 1. The van der Waals surface area contributed by atoms with Gasteiger partial charge in [-0.3, -0.25) is 4.79 Å². The number of amides is 1. The van der Waals surface area contributed by atoms with Crippen molar-refractivity contribution in [2.24, 2.45) is 0 Å². The Morgan fingerprint density at radius 2 is 2.15 bits per heavy atom. The van der Waals surface area contributed by atoms with Crippen molar-refractivity contribution in [1.29, 1.82) is 0 Å². The molecule has 0 aliphatic heterocycles. The van der Waals surface area contributed by atoms with Gasteiger partial charge in [0.1, 0.15) is 12.4 Å².